The van der Waals surface area contributed by atoms with Crippen molar-refractivity contribution in [1.29, 1.82) is 0 Å². The van der Waals surface area contributed by atoms with E-state index in [1.165, 1.54) is 0 Å². The number of hydrogen-bond donors (Lipinski definition) is 2. The summed E-state index contributed by atoms with van der Waals surface area (Å²) in [4.78, 5) is 0. The highest BCUT2D eigenvalue weighted by Crippen LogP contribution is 2.36. The lowest BCUT2D eigenvalue weighted by Gasteiger charge is -2.22. The minimum atomic E-state index is -4.67. The van der Waals surface area contributed by atoms with Gasteiger partial charge >= 0.3 is 6.18 Å². The fourth-order valence-corrected chi connectivity index (χ4v) is 2.23. The lowest BCUT2D eigenvalue weighted by Crippen LogP contribution is -2.30. The maximum atomic E-state index is 12.9. The molecule has 1 aromatic carbocycles. The Kier molecular flexibility index (Phi) is 3.59. The fraction of sp³-hybridized carbons (Fsp3) is 0.500. The first-order valence-electron chi connectivity index (χ1n) is 5.67. The van der Waals surface area contributed by atoms with E-state index in [1.54, 1.807) is 0 Å². The van der Waals surface area contributed by atoms with Gasteiger partial charge in [0, 0.05) is 6.04 Å². The Balaban J connectivity index is 2.37. The Labute approximate surface area is 102 Å². The fourth-order valence-electron chi connectivity index (χ4n) is 2.23. The second kappa shape index (κ2) is 4.85. The summed E-state index contributed by atoms with van der Waals surface area (Å²) in [6.45, 7) is 0.671. The summed E-state index contributed by atoms with van der Waals surface area (Å²) < 4.78 is 51.3. The van der Waals surface area contributed by atoms with E-state index in [1.807, 2.05) is 0 Å². The molecule has 2 rings (SSSR count). The number of rotatable bonds is 2. The highest BCUT2D eigenvalue weighted by Gasteiger charge is 2.37. The van der Waals surface area contributed by atoms with Crippen molar-refractivity contribution in [3.8, 4) is 0 Å². The average Bonchev–Trinajstić information content (AvgIpc) is 2.80. The molecule has 1 heterocycles. The smallest absolute Gasteiger partial charge is 0.387 e. The minimum Gasteiger partial charge on any atom is -0.387 e. The van der Waals surface area contributed by atoms with Gasteiger partial charge in [0.25, 0.3) is 0 Å². The molecule has 0 spiro atoms. The van der Waals surface area contributed by atoms with Crippen molar-refractivity contribution in [3.63, 3.8) is 0 Å². The lowest BCUT2D eigenvalue weighted by molar-refractivity contribution is -0.139. The lowest BCUT2D eigenvalue weighted by atomic mass is 9.96. The van der Waals surface area contributed by atoms with E-state index in [0.717, 1.165) is 18.6 Å². The molecule has 0 bridgehead atoms. The van der Waals surface area contributed by atoms with E-state index >= 15 is 0 Å². The Morgan fingerprint density at radius 2 is 2.06 bits per heavy atom. The van der Waals surface area contributed by atoms with Crippen molar-refractivity contribution in [2.45, 2.75) is 31.2 Å². The van der Waals surface area contributed by atoms with Crippen LogP contribution < -0.4 is 5.32 Å². The third-order valence-corrected chi connectivity index (χ3v) is 3.12. The summed E-state index contributed by atoms with van der Waals surface area (Å²) in [5, 5.41) is 12.9. The molecule has 6 heteroatoms. The SMILES string of the molecule is OC(c1ccc(F)cc1C(F)(F)F)C1CCCN1. The summed E-state index contributed by atoms with van der Waals surface area (Å²) in [6, 6.07) is 1.95. The second-order valence-electron chi connectivity index (χ2n) is 4.38. The van der Waals surface area contributed by atoms with E-state index in [2.05, 4.69) is 5.32 Å². The molecule has 2 nitrogen and oxygen atoms in total. The van der Waals surface area contributed by atoms with Gasteiger partial charge in [0.15, 0.2) is 0 Å². The summed E-state index contributed by atoms with van der Waals surface area (Å²) in [5.74, 6) is -0.961. The first kappa shape index (κ1) is 13.3. The first-order chi connectivity index (χ1) is 8.39. The molecule has 2 unspecified atom stereocenters. The quantitative estimate of drug-likeness (QED) is 0.804. The number of benzene rings is 1. The van der Waals surface area contributed by atoms with Crippen molar-refractivity contribution < 1.29 is 22.7 Å². The van der Waals surface area contributed by atoms with Crippen LogP contribution in [0.2, 0.25) is 0 Å². The molecule has 0 aromatic heterocycles. The molecule has 0 saturated carbocycles. The van der Waals surface area contributed by atoms with Crippen LogP contribution in [-0.4, -0.2) is 17.7 Å². The highest BCUT2D eigenvalue weighted by molar-refractivity contribution is 5.33. The first-order valence-corrected chi connectivity index (χ1v) is 5.67. The molecular formula is C12H13F4NO. The topological polar surface area (TPSA) is 32.3 Å². The van der Waals surface area contributed by atoms with Crippen molar-refractivity contribution >= 4 is 0 Å². The molecule has 2 atom stereocenters. The normalized spacial score (nSPS) is 22.2. The zero-order chi connectivity index (χ0) is 13.3. The van der Waals surface area contributed by atoms with Crippen LogP contribution in [0.15, 0.2) is 18.2 Å². The molecule has 1 aliphatic heterocycles. The third kappa shape index (κ3) is 2.64. The van der Waals surface area contributed by atoms with Crippen LogP contribution in [0.1, 0.15) is 30.1 Å². The van der Waals surface area contributed by atoms with Gasteiger partial charge in [0.2, 0.25) is 0 Å². The standard InChI is InChI=1S/C12H13F4NO/c13-7-3-4-8(9(6-7)12(14,15)16)11(18)10-2-1-5-17-10/h3-4,6,10-11,17-18H,1-2,5H2. The van der Waals surface area contributed by atoms with Crippen molar-refractivity contribution in [1.82, 2.24) is 5.32 Å². The molecule has 1 fully saturated rings. The number of alkyl halides is 3. The molecular weight excluding hydrogens is 250 g/mol. The van der Waals surface area contributed by atoms with Crippen LogP contribution in [0.3, 0.4) is 0 Å². The van der Waals surface area contributed by atoms with Crippen molar-refractivity contribution in [2.24, 2.45) is 0 Å². The van der Waals surface area contributed by atoms with E-state index < -0.39 is 29.7 Å². The summed E-state index contributed by atoms with van der Waals surface area (Å²) in [7, 11) is 0. The van der Waals surface area contributed by atoms with Crippen LogP contribution in [-0.2, 0) is 6.18 Å². The molecule has 100 valence electrons. The van der Waals surface area contributed by atoms with Gasteiger partial charge in [-0.15, -0.1) is 0 Å². The second-order valence-corrected chi connectivity index (χ2v) is 4.38. The van der Waals surface area contributed by atoms with E-state index in [9.17, 15) is 22.7 Å². The highest BCUT2D eigenvalue weighted by atomic mass is 19.4. The van der Waals surface area contributed by atoms with E-state index in [0.29, 0.717) is 19.0 Å². The molecule has 1 aliphatic rings. The summed E-state index contributed by atoms with van der Waals surface area (Å²) in [6.07, 6.45) is -4.53. The molecule has 0 aliphatic carbocycles. The van der Waals surface area contributed by atoms with Crippen LogP contribution in [0.25, 0.3) is 0 Å². The van der Waals surface area contributed by atoms with Crippen LogP contribution in [0.4, 0.5) is 17.6 Å². The summed E-state index contributed by atoms with van der Waals surface area (Å²) in [5.41, 5.74) is -1.38. The summed E-state index contributed by atoms with van der Waals surface area (Å²) >= 11 is 0. The number of halogens is 4. The van der Waals surface area contributed by atoms with Gasteiger partial charge in [-0.25, -0.2) is 4.39 Å². The van der Waals surface area contributed by atoms with Gasteiger partial charge in [-0.2, -0.15) is 13.2 Å². The van der Waals surface area contributed by atoms with Crippen LogP contribution in [0.5, 0.6) is 0 Å². The largest absolute Gasteiger partial charge is 0.416 e. The zero-order valence-electron chi connectivity index (χ0n) is 9.47. The van der Waals surface area contributed by atoms with Gasteiger partial charge in [-0.05, 0) is 37.1 Å². The maximum absolute atomic E-state index is 12.9. The molecule has 0 amide bonds. The van der Waals surface area contributed by atoms with Gasteiger partial charge < -0.3 is 10.4 Å². The minimum absolute atomic E-state index is 0.275. The molecule has 0 radical (unpaired) electrons. The number of aliphatic hydroxyl groups excluding tert-OH is 1. The molecule has 1 saturated heterocycles. The number of hydrogen-bond acceptors (Lipinski definition) is 2. The molecule has 2 N–H and O–H groups in total. The van der Waals surface area contributed by atoms with Crippen LogP contribution >= 0.6 is 0 Å². The van der Waals surface area contributed by atoms with Gasteiger partial charge in [-0.3, -0.25) is 0 Å². The number of aliphatic hydroxyl groups is 1. The Morgan fingerprint density at radius 1 is 1.33 bits per heavy atom. The molecule has 1 aromatic rings. The van der Waals surface area contributed by atoms with Gasteiger partial charge in [0.05, 0.1) is 11.7 Å². The van der Waals surface area contributed by atoms with E-state index in [4.69, 9.17) is 0 Å². The predicted molar refractivity (Wildman–Crippen MR) is 57.4 cm³/mol. The van der Waals surface area contributed by atoms with Crippen LogP contribution in [0, 0.1) is 5.82 Å². The molecule has 18 heavy (non-hydrogen) atoms. The van der Waals surface area contributed by atoms with Crippen molar-refractivity contribution in [2.75, 3.05) is 6.54 Å². The van der Waals surface area contributed by atoms with Gasteiger partial charge in [0.1, 0.15) is 5.82 Å². The maximum Gasteiger partial charge on any atom is 0.416 e. The van der Waals surface area contributed by atoms with Gasteiger partial charge in [-0.1, -0.05) is 6.07 Å². The third-order valence-electron chi connectivity index (χ3n) is 3.12. The average molecular weight is 263 g/mol. The number of nitrogens with one attached hydrogen (secondary N) is 1. The van der Waals surface area contributed by atoms with Crippen molar-refractivity contribution in [3.05, 3.63) is 35.1 Å². The monoisotopic (exact) mass is 263 g/mol. The zero-order valence-corrected chi connectivity index (χ0v) is 9.47. The predicted octanol–water partition coefficient (Wildman–Crippen LogP) is 2.63. The Hall–Kier alpha value is -1.14. The van der Waals surface area contributed by atoms with E-state index in [-0.39, 0.29) is 5.56 Å². The Morgan fingerprint density at radius 3 is 2.61 bits per heavy atom. The Bertz CT molecular complexity index is 427.